The van der Waals surface area contributed by atoms with Gasteiger partial charge in [-0.3, -0.25) is 0 Å². The lowest BCUT2D eigenvalue weighted by Gasteiger charge is -2.23. The van der Waals surface area contributed by atoms with Crippen molar-refractivity contribution in [2.45, 2.75) is 43.7 Å². The number of hydrogen-bond donors (Lipinski definition) is 2. The lowest BCUT2D eigenvalue weighted by Crippen LogP contribution is -2.38. The largest absolute Gasteiger partial charge is 0.381 e. The smallest absolute Gasteiger partial charge is 0.240 e. The van der Waals surface area contributed by atoms with E-state index in [1.807, 2.05) is 12.1 Å². The molecular formula is C15H24N2O3S. The summed E-state index contributed by atoms with van der Waals surface area (Å²) in [7, 11) is -3.43. The van der Waals surface area contributed by atoms with Crippen LogP contribution in [0.1, 0.15) is 31.7 Å². The van der Waals surface area contributed by atoms with E-state index in [1.54, 1.807) is 12.1 Å². The molecule has 0 saturated carbocycles. The van der Waals surface area contributed by atoms with Crippen LogP contribution in [0.25, 0.3) is 0 Å². The zero-order valence-corrected chi connectivity index (χ0v) is 13.3. The maximum absolute atomic E-state index is 12.3. The standard InChI is InChI=1S/C15H24N2O3S/c1-2-9-16-12-13-3-5-15(6-4-13)21(18,19)17-14-7-10-20-11-8-14/h3-6,14,16-17H,2,7-12H2,1H3. The molecule has 1 heterocycles. The molecule has 0 radical (unpaired) electrons. The van der Waals surface area contributed by atoms with E-state index in [0.29, 0.717) is 18.1 Å². The summed E-state index contributed by atoms with van der Waals surface area (Å²) in [6.45, 7) is 5.09. The summed E-state index contributed by atoms with van der Waals surface area (Å²) >= 11 is 0. The minimum Gasteiger partial charge on any atom is -0.381 e. The molecular weight excluding hydrogens is 288 g/mol. The van der Waals surface area contributed by atoms with E-state index in [9.17, 15) is 8.42 Å². The summed E-state index contributed by atoms with van der Waals surface area (Å²) in [5.41, 5.74) is 1.09. The van der Waals surface area contributed by atoms with Gasteiger partial charge in [-0.2, -0.15) is 0 Å². The highest BCUT2D eigenvalue weighted by molar-refractivity contribution is 7.89. The average Bonchev–Trinajstić information content (AvgIpc) is 2.49. The van der Waals surface area contributed by atoms with Crippen LogP contribution in [-0.4, -0.2) is 34.2 Å². The maximum Gasteiger partial charge on any atom is 0.240 e. The molecule has 0 atom stereocenters. The Kier molecular flexibility index (Phi) is 6.17. The van der Waals surface area contributed by atoms with Crippen molar-refractivity contribution in [3.8, 4) is 0 Å². The van der Waals surface area contributed by atoms with Crippen molar-refractivity contribution >= 4 is 10.0 Å². The number of ether oxygens (including phenoxy) is 1. The molecule has 0 unspecified atom stereocenters. The zero-order valence-electron chi connectivity index (χ0n) is 12.5. The van der Waals surface area contributed by atoms with E-state index in [4.69, 9.17) is 4.74 Å². The molecule has 2 N–H and O–H groups in total. The van der Waals surface area contributed by atoms with Crippen LogP contribution in [0.3, 0.4) is 0 Å². The van der Waals surface area contributed by atoms with Crippen LogP contribution >= 0.6 is 0 Å². The van der Waals surface area contributed by atoms with Gasteiger partial charge in [0, 0.05) is 25.8 Å². The SMILES string of the molecule is CCCNCc1ccc(S(=O)(=O)NC2CCOCC2)cc1. The highest BCUT2D eigenvalue weighted by atomic mass is 32.2. The van der Waals surface area contributed by atoms with Crippen molar-refractivity contribution in [3.63, 3.8) is 0 Å². The topological polar surface area (TPSA) is 67.4 Å². The summed E-state index contributed by atoms with van der Waals surface area (Å²) in [5, 5.41) is 3.30. The molecule has 1 saturated heterocycles. The fourth-order valence-electron chi connectivity index (χ4n) is 2.30. The molecule has 0 aliphatic carbocycles. The van der Waals surface area contributed by atoms with Crippen molar-refractivity contribution in [1.82, 2.24) is 10.0 Å². The van der Waals surface area contributed by atoms with Gasteiger partial charge in [0.25, 0.3) is 0 Å². The Labute approximate surface area is 127 Å². The summed E-state index contributed by atoms with van der Waals surface area (Å²) in [6, 6.07) is 7.05. The average molecular weight is 312 g/mol. The van der Waals surface area contributed by atoms with Crippen LogP contribution in [0.4, 0.5) is 0 Å². The first-order chi connectivity index (χ1) is 10.1. The lowest BCUT2D eigenvalue weighted by atomic mass is 10.1. The second-order valence-electron chi connectivity index (χ2n) is 5.33. The second-order valence-corrected chi connectivity index (χ2v) is 7.04. The van der Waals surface area contributed by atoms with Crippen molar-refractivity contribution in [3.05, 3.63) is 29.8 Å². The van der Waals surface area contributed by atoms with Gasteiger partial charge >= 0.3 is 0 Å². The fraction of sp³-hybridized carbons (Fsp3) is 0.600. The molecule has 0 spiro atoms. The minimum atomic E-state index is -3.43. The Morgan fingerprint density at radius 1 is 1.19 bits per heavy atom. The van der Waals surface area contributed by atoms with Gasteiger partial charge in [-0.15, -0.1) is 0 Å². The zero-order chi connectivity index (χ0) is 15.1. The molecule has 0 amide bonds. The van der Waals surface area contributed by atoms with Gasteiger partial charge in [0.05, 0.1) is 4.90 Å². The van der Waals surface area contributed by atoms with E-state index in [1.165, 1.54) is 0 Å². The first-order valence-corrected chi connectivity index (χ1v) is 9.00. The summed E-state index contributed by atoms with van der Waals surface area (Å²) in [5.74, 6) is 0. The van der Waals surface area contributed by atoms with E-state index in [0.717, 1.165) is 37.9 Å². The van der Waals surface area contributed by atoms with Gasteiger partial charge in [-0.25, -0.2) is 13.1 Å². The molecule has 2 rings (SSSR count). The predicted octanol–water partition coefficient (Wildman–Crippen LogP) is 1.64. The summed E-state index contributed by atoms with van der Waals surface area (Å²) in [6.07, 6.45) is 2.55. The van der Waals surface area contributed by atoms with E-state index >= 15 is 0 Å². The molecule has 118 valence electrons. The molecule has 1 aliphatic rings. The van der Waals surface area contributed by atoms with Gasteiger partial charge in [-0.1, -0.05) is 19.1 Å². The van der Waals surface area contributed by atoms with E-state index in [-0.39, 0.29) is 6.04 Å². The first kappa shape index (κ1) is 16.4. The normalized spacial score (nSPS) is 17.0. The molecule has 1 aromatic rings. The maximum atomic E-state index is 12.3. The highest BCUT2D eigenvalue weighted by Gasteiger charge is 2.21. The molecule has 1 aromatic carbocycles. The van der Waals surface area contributed by atoms with Crippen molar-refractivity contribution in [2.75, 3.05) is 19.8 Å². The fourth-order valence-corrected chi connectivity index (χ4v) is 3.60. The quantitative estimate of drug-likeness (QED) is 0.751. The number of nitrogens with one attached hydrogen (secondary N) is 2. The molecule has 1 aliphatic heterocycles. The number of benzene rings is 1. The van der Waals surface area contributed by atoms with Crippen molar-refractivity contribution < 1.29 is 13.2 Å². The number of sulfonamides is 1. The molecule has 5 nitrogen and oxygen atoms in total. The van der Waals surface area contributed by atoms with Crippen LogP contribution in [0.5, 0.6) is 0 Å². The molecule has 0 bridgehead atoms. The Bertz CT molecular complexity index is 522. The third-order valence-corrected chi connectivity index (χ3v) is 5.07. The molecule has 1 fully saturated rings. The van der Waals surface area contributed by atoms with Crippen LogP contribution < -0.4 is 10.0 Å². The molecule has 6 heteroatoms. The number of hydrogen-bond acceptors (Lipinski definition) is 4. The van der Waals surface area contributed by atoms with Crippen LogP contribution in [-0.2, 0) is 21.3 Å². The Balaban J connectivity index is 1.95. The van der Waals surface area contributed by atoms with Crippen LogP contribution in [0.15, 0.2) is 29.2 Å². The molecule has 0 aromatic heterocycles. The third-order valence-electron chi connectivity index (χ3n) is 3.53. The van der Waals surface area contributed by atoms with Gasteiger partial charge in [0.2, 0.25) is 10.0 Å². The van der Waals surface area contributed by atoms with Gasteiger partial charge in [-0.05, 0) is 43.5 Å². The number of rotatable bonds is 7. The lowest BCUT2D eigenvalue weighted by molar-refractivity contribution is 0.0832. The third kappa shape index (κ3) is 5.07. The second kappa shape index (κ2) is 7.89. The van der Waals surface area contributed by atoms with Gasteiger partial charge in [0.1, 0.15) is 0 Å². The monoisotopic (exact) mass is 312 g/mol. The van der Waals surface area contributed by atoms with Crippen molar-refractivity contribution in [2.24, 2.45) is 0 Å². The van der Waals surface area contributed by atoms with Crippen LogP contribution in [0, 0.1) is 0 Å². The molecule has 21 heavy (non-hydrogen) atoms. The minimum absolute atomic E-state index is 0.0188. The highest BCUT2D eigenvalue weighted by Crippen LogP contribution is 2.14. The Hall–Kier alpha value is -0.950. The summed E-state index contributed by atoms with van der Waals surface area (Å²) in [4.78, 5) is 0.327. The summed E-state index contributed by atoms with van der Waals surface area (Å²) < 4.78 is 32.6. The van der Waals surface area contributed by atoms with E-state index < -0.39 is 10.0 Å². The Morgan fingerprint density at radius 3 is 2.48 bits per heavy atom. The Morgan fingerprint density at radius 2 is 1.86 bits per heavy atom. The van der Waals surface area contributed by atoms with Gasteiger partial charge in [0.15, 0.2) is 0 Å². The van der Waals surface area contributed by atoms with E-state index in [2.05, 4.69) is 17.0 Å². The van der Waals surface area contributed by atoms with Gasteiger partial charge < -0.3 is 10.1 Å². The van der Waals surface area contributed by atoms with Crippen molar-refractivity contribution in [1.29, 1.82) is 0 Å². The first-order valence-electron chi connectivity index (χ1n) is 7.51. The van der Waals surface area contributed by atoms with Crippen LogP contribution in [0.2, 0.25) is 0 Å². The predicted molar refractivity (Wildman–Crippen MR) is 82.6 cm³/mol.